The second-order valence-corrected chi connectivity index (χ2v) is 5.68. The molecule has 1 heterocycles. The van der Waals surface area contributed by atoms with Crippen molar-refractivity contribution in [2.75, 3.05) is 6.54 Å². The van der Waals surface area contributed by atoms with Gasteiger partial charge in [-0.05, 0) is 26.0 Å². The van der Waals surface area contributed by atoms with Crippen molar-refractivity contribution in [1.29, 1.82) is 0 Å². The Balaban J connectivity index is 2.17. The van der Waals surface area contributed by atoms with Crippen LogP contribution >= 0.6 is 0 Å². The molecule has 0 aromatic heterocycles. The van der Waals surface area contributed by atoms with E-state index in [1.807, 2.05) is 13.8 Å². The molecule has 0 bridgehead atoms. The number of aliphatic imine (C=N–C) groups is 1. The normalized spacial score (nSPS) is 19.6. The molecule has 1 aromatic carbocycles. The smallest absolute Gasteiger partial charge is 0.299 e. The van der Waals surface area contributed by atoms with Crippen molar-refractivity contribution >= 4 is 16.0 Å². The van der Waals surface area contributed by atoms with Gasteiger partial charge >= 0.3 is 0 Å². The van der Waals surface area contributed by atoms with Crippen LogP contribution in [0, 0.1) is 6.92 Å². The topological polar surface area (TPSA) is 67.8 Å². The summed E-state index contributed by atoms with van der Waals surface area (Å²) in [6.45, 7) is 4.21. The first-order valence-electron chi connectivity index (χ1n) is 5.28. The molecule has 0 saturated heterocycles. The van der Waals surface area contributed by atoms with Crippen molar-refractivity contribution < 1.29 is 13.2 Å². The summed E-state index contributed by atoms with van der Waals surface area (Å²) in [4.78, 5) is 4.15. The first-order valence-corrected chi connectivity index (χ1v) is 6.76. The molecule has 0 spiro atoms. The van der Waals surface area contributed by atoms with Crippen LogP contribution in [0.15, 0.2) is 34.2 Å². The van der Waals surface area contributed by atoms with Crippen LogP contribution in [0.25, 0.3) is 0 Å². The number of sulfonamides is 1. The van der Waals surface area contributed by atoms with Crippen molar-refractivity contribution in [3.05, 3.63) is 29.8 Å². The quantitative estimate of drug-likeness (QED) is 0.857. The number of hydrogen-bond donors (Lipinski definition) is 1. The minimum atomic E-state index is -3.59. The molecule has 2 rings (SSSR count). The highest BCUT2D eigenvalue weighted by molar-refractivity contribution is 7.90. The molecule has 1 aliphatic rings. The molecule has 1 atom stereocenters. The van der Waals surface area contributed by atoms with Gasteiger partial charge in [-0.3, -0.25) is 0 Å². The van der Waals surface area contributed by atoms with Gasteiger partial charge in [-0.25, -0.2) is 18.1 Å². The van der Waals surface area contributed by atoms with E-state index in [0.29, 0.717) is 6.54 Å². The summed E-state index contributed by atoms with van der Waals surface area (Å²) in [5, 5.41) is 0. The zero-order chi connectivity index (χ0) is 12.5. The van der Waals surface area contributed by atoms with Crippen LogP contribution in [0.4, 0.5) is 0 Å². The van der Waals surface area contributed by atoms with Crippen LogP contribution in [-0.2, 0) is 14.8 Å². The second kappa shape index (κ2) is 4.37. The minimum absolute atomic E-state index is 0.0677. The Morgan fingerprint density at radius 3 is 2.53 bits per heavy atom. The molecule has 0 unspecified atom stereocenters. The summed E-state index contributed by atoms with van der Waals surface area (Å²) in [5.74, 6) is 0. The standard InChI is InChI=1S/C11H14N2O3S/c1-8-3-5-10(6-4-8)17(14,15)13-11-12-7-9(2)16-11/h3-6,9H,7H2,1-2H3,(H,12,13)/t9-/m0/s1. The van der Waals surface area contributed by atoms with E-state index in [2.05, 4.69) is 9.71 Å². The number of benzene rings is 1. The maximum Gasteiger partial charge on any atom is 0.299 e. The van der Waals surface area contributed by atoms with Crippen molar-refractivity contribution in [1.82, 2.24) is 4.72 Å². The lowest BCUT2D eigenvalue weighted by Gasteiger charge is -2.09. The molecule has 0 aliphatic carbocycles. The summed E-state index contributed by atoms with van der Waals surface area (Å²) in [5.41, 5.74) is 1.01. The number of ether oxygens (including phenoxy) is 1. The van der Waals surface area contributed by atoms with Gasteiger partial charge in [0, 0.05) is 0 Å². The van der Waals surface area contributed by atoms with Crippen LogP contribution in [0.3, 0.4) is 0 Å². The third-order valence-electron chi connectivity index (χ3n) is 2.36. The predicted molar refractivity (Wildman–Crippen MR) is 64.3 cm³/mol. The van der Waals surface area contributed by atoms with E-state index >= 15 is 0 Å². The average Bonchev–Trinajstić information content (AvgIpc) is 2.63. The Kier molecular flexibility index (Phi) is 3.06. The summed E-state index contributed by atoms with van der Waals surface area (Å²) in [6.07, 6.45) is -0.0780. The lowest BCUT2D eigenvalue weighted by Crippen LogP contribution is -2.31. The van der Waals surface area contributed by atoms with Crippen LogP contribution in [0.1, 0.15) is 12.5 Å². The van der Waals surface area contributed by atoms with Crippen molar-refractivity contribution in [2.24, 2.45) is 4.99 Å². The summed E-state index contributed by atoms with van der Waals surface area (Å²) in [7, 11) is -3.59. The number of nitrogens with zero attached hydrogens (tertiary/aromatic N) is 1. The van der Waals surface area contributed by atoms with Crippen LogP contribution < -0.4 is 4.72 Å². The number of amidine groups is 1. The van der Waals surface area contributed by atoms with E-state index in [9.17, 15) is 8.42 Å². The average molecular weight is 254 g/mol. The van der Waals surface area contributed by atoms with E-state index in [1.54, 1.807) is 24.3 Å². The fourth-order valence-electron chi connectivity index (χ4n) is 1.42. The van der Waals surface area contributed by atoms with Gasteiger partial charge in [-0.1, -0.05) is 17.7 Å². The molecule has 1 aliphatic heterocycles. The maximum atomic E-state index is 11.9. The van der Waals surface area contributed by atoms with Crippen LogP contribution in [0.5, 0.6) is 0 Å². The van der Waals surface area contributed by atoms with Gasteiger partial charge in [-0.15, -0.1) is 0 Å². The fourth-order valence-corrected chi connectivity index (χ4v) is 2.38. The molecule has 1 aromatic rings. The third kappa shape index (κ3) is 2.76. The number of hydrogen-bond acceptors (Lipinski definition) is 4. The van der Waals surface area contributed by atoms with Gasteiger partial charge in [0.2, 0.25) is 0 Å². The molecule has 17 heavy (non-hydrogen) atoms. The van der Waals surface area contributed by atoms with Crippen molar-refractivity contribution in [3.63, 3.8) is 0 Å². The van der Waals surface area contributed by atoms with E-state index in [1.165, 1.54) is 0 Å². The van der Waals surface area contributed by atoms with Crippen LogP contribution in [-0.4, -0.2) is 27.1 Å². The first kappa shape index (κ1) is 11.9. The van der Waals surface area contributed by atoms with Gasteiger partial charge < -0.3 is 4.74 Å². The largest absolute Gasteiger partial charge is 0.460 e. The highest BCUT2D eigenvalue weighted by Crippen LogP contribution is 2.11. The summed E-state index contributed by atoms with van der Waals surface area (Å²) < 4.78 is 31.4. The van der Waals surface area contributed by atoms with Crippen LogP contribution in [0.2, 0.25) is 0 Å². The Hall–Kier alpha value is -1.56. The first-order chi connectivity index (χ1) is 7.97. The predicted octanol–water partition coefficient (Wildman–Crippen LogP) is 1.05. The Morgan fingerprint density at radius 1 is 1.35 bits per heavy atom. The molecule has 6 heteroatoms. The lowest BCUT2D eigenvalue weighted by atomic mass is 10.2. The molecule has 5 nitrogen and oxygen atoms in total. The van der Waals surface area contributed by atoms with Gasteiger partial charge in [0.25, 0.3) is 16.0 Å². The molecule has 0 radical (unpaired) electrons. The zero-order valence-corrected chi connectivity index (χ0v) is 10.5. The maximum absolute atomic E-state index is 11.9. The molecular weight excluding hydrogens is 240 g/mol. The number of nitrogens with one attached hydrogen (secondary N) is 1. The molecule has 0 fully saturated rings. The number of rotatable bonds is 2. The Bertz CT molecular complexity index is 534. The number of aryl methyl sites for hydroxylation is 1. The van der Waals surface area contributed by atoms with E-state index in [-0.39, 0.29) is 17.0 Å². The van der Waals surface area contributed by atoms with E-state index in [4.69, 9.17) is 4.74 Å². The van der Waals surface area contributed by atoms with Gasteiger partial charge in [0.15, 0.2) is 0 Å². The van der Waals surface area contributed by atoms with Gasteiger partial charge in [-0.2, -0.15) is 0 Å². The third-order valence-corrected chi connectivity index (χ3v) is 3.69. The second-order valence-electron chi connectivity index (χ2n) is 3.99. The van der Waals surface area contributed by atoms with Gasteiger partial charge in [0.05, 0.1) is 11.4 Å². The SMILES string of the molecule is Cc1ccc(S(=O)(=O)NC2=NC[C@H](C)O2)cc1. The molecule has 92 valence electrons. The van der Waals surface area contributed by atoms with Gasteiger partial charge in [0.1, 0.15) is 6.10 Å². The molecular formula is C11H14N2O3S. The molecule has 1 N–H and O–H groups in total. The Labute approximate surface area is 101 Å². The Morgan fingerprint density at radius 2 is 2.00 bits per heavy atom. The van der Waals surface area contributed by atoms with Crippen molar-refractivity contribution in [2.45, 2.75) is 24.8 Å². The summed E-state index contributed by atoms with van der Waals surface area (Å²) in [6, 6.07) is 6.66. The zero-order valence-electron chi connectivity index (χ0n) is 9.67. The van der Waals surface area contributed by atoms with Crippen molar-refractivity contribution in [3.8, 4) is 0 Å². The fraction of sp³-hybridized carbons (Fsp3) is 0.364. The lowest BCUT2D eigenvalue weighted by molar-refractivity contribution is 0.239. The summed E-state index contributed by atoms with van der Waals surface area (Å²) >= 11 is 0. The van der Waals surface area contributed by atoms with E-state index in [0.717, 1.165) is 5.56 Å². The highest BCUT2D eigenvalue weighted by atomic mass is 32.2. The minimum Gasteiger partial charge on any atom is -0.460 e. The molecule has 0 amide bonds. The van der Waals surface area contributed by atoms with E-state index < -0.39 is 10.0 Å². The highest BCUT2D eigenvalue weighted by Gasteiger charge is 2.21. The monoisotopic (exact) mass is 254 g/mol. The molecule has 0 saturated carbocycles.